The quantitative estimate of drug-likeness (QED) is 0.906. The van der Waals surface area contributed by atoms with Gasteiger partial charge in [0.1, 0.15) is 17.7 Å². The summed E-state index contributed by atoms with van der Waals surface area (Å²) < 4.78 is 26.3. The van der Waals surface area contributed by atoms with E-state index >= 15 is 0 Å². The van der Waals surface area contributed by atoms with Crippen LogP contribution in [0, 0.1) is 17.6 Å². The number of carbonyl (C=O) groups is 2. The van der Waals surface area contributed by atoms with Gasteiger partial charge in [-0.25, -0.2) is 8.78 Å². The second-order valence-electron chi connectivity index (χ2n) is 5.55. The molecule has 0 aromatic heterocycles. The van der Waals surface area contributed by atoms with Gasteiger partial charge in [-0.3, -0.25) is 9.59 Å². The van der Waals surface area contributed by atoms with E-state index in [-0.39, 0.29) is 17.4 Å². The number of rotatable bonds is 5. The molecule has 1 atom stereocenters. The fourth-order valence-electron chi connectivity index (χ4n) is 1.93. The van der Waals surface area contributed by atoms with Gasteiger partial charge >= 0.3 is 0 Å². The molecule has 21 heavy (non-hydrogen) atoms. The van der Waals surface area contributed by atoms with Crippen LogP contribution in [0.5, 0.6) is 0 Å². The van der Waals surface area contributed by atoms with Gasteiger partial charge in [-0.1, -0.05) is 13.8 Å². The Morgan fingerprint density at radius 2 is 1.67 bits per heavy atom. The maximum Gasteiger partial charge on any atom is 0.252 e. The molecular formula is C15H20F2N2O2. The summed E-state index contributed by atoms with van der Waals surface area (Å²) in [6.07, 6.45) is 0.445. The molecular weight excluding hydrogens is 278 g/mol. The van der Waals surface area contributed by atoms with Crippen molar-refractivity contribution in [3.8, 4) is 0 Å². The van der Waals surface area contributed by atoms with Crippen LogP contribution in [0.15, 0.2) is 18.2 Å². The number of halogens is 2. The first-order valence-electron chi connectivity index (χ1n) is 6.68. The molecule has 6 heteroatoms. The van der Waals surface area contributed by atoms with Crippen LogP contribution in [-0.2, 0) is 4.79 Å². The van der Waals surface area contributed by atoms with E-state index in [4.69, 9.17) is 0 Å². The van der Waals surface area contributed by atoms with Gasteiger partial charge in [-0.15, -0.1) is 0 Å². The Bertz CT molecular complexity index is 510. The lowest BCUT2D eigenvalue weighted by Gasteiger charge is -2.23. The number of hydrogen-bond donors (Lipinski definition) is 1. The molecule has 1 aromatic carbocycles. The van der Waals surface area contributed by atoms with Crippen LogP contribution in [0.3, 0.4) is 0 Å². The molecule has 0 bridgehead atoms. The lowest BCUT2D eigenvalue weighted by Crippen LogP contribution is -2.47. The summed E-state index contributed by atoms with van der Waals surface area (Å²) >= 11 is 0. The number of amides is 2. The summed E-state index contributed by atoms with van der Waals surface area (Å²) in [5.74, 6) is -2.41. The molecule has 0 unspecified atom stereocenters. The van der Waals surface area contributed by atoms with Gasteiger partial charge in [-0.05, 0) is 24.5 Å². The van der Waals surface area contributed by atoms with Crippen LogP contribution in [0.4, 0.5) is 8.78 Å². The van der Waals surface area contributed by atoms with Crippen molar-refractivity contribution >= 4 is 11.8 Å². The van der Waals surface area contributed by atoms with Crippen molar-refractivity contribution in [3.63, 3.8) is 0 Å². The normalized spacial score (nSPS) is 12.1. The van der Waals surface area contributed by atoms with Crippen molar-refractivity contribution < 1.29 is 18.4 Å². The Balaban J connectivity index is 2.91. The van der Waals surface area contributed by atoms with E-state index in [0.717, 1.165) is 12.1 Å². The molecule has 1 aromatic rings. The highest BCUT2D eigenvalue weighted by Crippen LogP contribution is 2.11. The average molecular weight is 298 g/mol. The van der Waals surface area contributed by atoms with E-state index in [1.807, 2.05) is 13.8 Å². The Morgan fingerprint density at radius 3 is 2.10 bits per heavy atom. The molecule has 4 nitrogen and oxygen atoms in total. The average Bonchev–Trinajstić information content (AvgIpc) is 2.35. The highest BCUT2D eigenvalue weighted by Gasteiger charge is 2.24. The molecule has 116 valence electrons. The van der Waals surface area contributed by atoms with Crippen LogP contribution in [0.2, 0.25) is 0 Å². The predicted octanol–water partition coefficient (Wildman–Crippen LogP) is 2.20. The Morgan fingerprint density at radius 1 is 1.14 bits per heavy atom. The molecule has 0 fully saturated rings. The first-order valence-corrected chi connectivity index (χ1v) is 6.68. The molecule has 2 amide bonds. The van der Waals surface area contributed by atoms with Gasteiger partial charge in [0.05, 0.1) is 0 Å². The molecule has 0 aliphatic rings. The Hall–Kier alpha value is -1.98. The maximum absolute atomic E-state index is 13.1. The number of hydrogen-bond acceptors (Lipinski definition) is 2. The van der Waals surface area contributed by atoms with Gasteiger partial charge < -0.3 is 10.2 Å². The van der Waals surface area contributed by atoms with Crippen molar-refractivity contribution in [2.24, 2.45) is 5.92 Å². The van der Waals surface area contributed by atoms with Crippen molar-refractivity contribution in [1.29, 1.82) is 0 Å². The van der Waals surface area contributed by atoms with Gasteiger partial charge in [0.2, 0.25) is 5.91 Å². The highest BCUT2D eigenvalue weighted by molar-refractivity contribution is 5.97. The minimum absolute atomic E-state index is 0.146. The Labute approximate surface area is 123 Å². The van der Waals surface area contributed by atoms with Crippen LogP contribution in [-0.4, -0.2) is 36.9 Å². The van der Waals surface area contributed by atoms with Crippen LogP contribution in [0.25, 0.3) is 0 Å². The molecule has 0 spiro atoms. The minimum atomic E-state index is -0.834. The second kappa shape index (κ2) is 7.15. The van der Waals surface area contributed by atoms with Gasteiger partial charge in [0.15, 0.2) is 0 Å². The third-order valence-electron chi connectivity index (χ3n) is 2.88. The van der Waals surface area contributed by atoms with Crippen LogP contribution in [0.1, 0.15) is 30.6 Å². The number of nitrogens with zero attached hydrogens (tertiary/aromatic N) is 1. The maximum atomic E-state index is 13.1. The SMILES string of the molecule is CC(C)C[C@H](NC(=O)c1cc(F)cc(F)c1)C(=O)N(C)C. The number of carbonyl (C=O) groups excluding carboxylic acids is 2. The number of likely N-dealkylation sites (N-methyl/N-ethyl adjacent to an activating group) is 1. The Kier molecular flexibility index (Phi) is 5.81. The standard InChI is InChI=1S/C15H20F2N2O2/c1-9(2)5-13(15(21)19(3)4)18-14(20)10-6-11(16)8-12(17)7-10/h6-9,13H,5H2,1-4H3,(H,18,20)/t13-/m0/s1. The van der Waals surface area contributed by atoms with E-state index in [1.165, 1.54) is 4.90 Å². The van der Waals surface area contributed by atoms with Crippen molar-refractivity contribution in [2.45, 2.75) is 26.3 Å². The monoisotopic (exact) mass is 298 g/mol. The fraction of sp³-hybridized carbons (Fsp3) is 0.467. The van der Waals surface area contributed by atoms with Crippen LogP contribution >= 0.6 is 0 Å². The van der Waals surface area contributed by atoms with E-state index in [9.17, 15) is 18.4 Å². The lowest BCUT2D eigenvalue weighted by molar-refractivity contribution is -0.131. The van der Waals surface area contributed by atoms with Gasteiger partial charge in [0, 0.05) is 25.7 Å². The largest absolute Gasteiger partial charge is 0.347 e. The molecule has 0 radical (unpaired) electrons. The smallest absolute Gasteiger partial charge is 0.252 e. The van der Waals surface area contributed by atoms with E-state index < -0.39 is 23.6 Å². The number of benzene rings is 1. The third kappa shape index (κ3) is 5.13. The van der Waals surface area contributed by atoms with Crippen molar-refractivity contribution in [1.82, 2.24) is 10.2 Å². The zero-order chi connectivity index (χ0) is 16.2. The topological polar surface area (TPSA) is 49.4 Å². The highest BCUT2D eigenvalue weighted by atomic mass is 19.1. The summed E-state index contributed by atoms with van der Waals surface area (Å²) in [5.41, 5.74) is -0.146. The molecule has 1 rings (SSSR count). The summed E-state index contributed by atoms with van der Waals surface area (Å²) in [6.45, 7) is 3.84. The van der Waals surface area contributed by atoms with Crippen molar-refractivity contribution in [3.05, 3.63) is 35.4 Å². The predicted molar refractivity (Wildman–Crippen MR) is 75.8 cm³/mol. The van der Waals surface area contributed by atoms with Gasteiger partial charge in [0.25, 0.3) is 5.91 Å². The summed E-state index contributed by atoms with van der Waals surface area (Å²) in [4.78, 5) is 25.5. The van der Waals surface area contributed by atoms with Gasteiger partial charge in [-0.2, -0.15) is 0 Å². The first kappa shape index (κ1) is 17.1. The van der Waals surface area contributed by atoms with Crippen LogP contribution < -0.4 is 5.32 Å². The molecule has 1 N–H and O–H groups in total. The molecule has 0 saturated carbocycles. The lowest BCUT2D eigenvalue weighted by atomic mass is 10.0. The van der Waals surface area contributed by atoms with Crippen molar-refractivity contribution in [2.75, 3.05) is 14.1 Å². The second-order valence-corrected chi connectivity index (χ2v) is 5.55. The minimum Gasteiger partial charge on any atom is -0.347 e. The molecule has 0 aliphatic carbocycles. The first-order chi connectivity index (χ1) is 9.70. The zero-order valence-electron chi connectivity index (χ0n) is 12.6. The van der Waals surface area contributed by atoms with E-state index in [1.54, 1.807) is 14.1 Å². The summed E-state index contributed by atoms with van der Waals surface area (Å²) in [6, 6.07) is 1.84. The zero-order valence-corrected chi connectivity index (χ0v) is 12.6. The van der Waals surface area contributed by atoms with E-state index in [2.05, 4.69) is 5.32 Å². The summed E-state index contributed by atoms with van der Waals surface area (Å²) in [5, 5.41) is 2.54. The summed E-state index contributed by atoms with van der Waals surface area (Å²) in [7, 11) is 3.17. The molecule has 0 aliphatic heterocycles. The fourth-order valence-corrected chi connectivity index (χ4v) is 1.93. The molecule has 0 saturated heterocycles. The number of nitrogens with one attached hydrogen (secondary N) is 1. The third-order valence-corrected chi connectivity index (χ3v) is 2.88. The van der Waals surface area contributed by atoms with E-state index in [0.29, 0.717) is 12.5 Å². The molecule has 0 heterocycles.